The average Bonchev–Trinajstić information content (AvgIpc) is 2.18. The zero-order valence-corrected chi connectivity index (χ0v) is 8.51. The summed E-state index contributed by atoms with van der Waals surface area (Å²) in [6, 6.07) is 0.703. The van der Waals surface area contributed by atoms with Gasteiger partial charge in [0.15, 0.2) is 5.78 Å². The zero-order chi connectivity index (χ0) is 11.2. The van der Waals surface area contributed by atoms with Gasteiger partial charge in [0.2, 0.25) is 0 Å². The van der Waals surface area contributed by atoms with Gasteiger partial charge in [-0.25, -0.2) is 4.39 Å². The van der Waals surface area contributed by atoms with Crippen LogP contribution in [0.3, 0.4) is 0 Å². The Bertz CT molecular complexity index is 443. The van der Waals surface area contributed by atoms with Crippen LogP contribution in [0.5, 0.6) is 0 Å². The number of anilines is 1. The highest BCUT2D eigenvalue weighted by molar-refractivity contribution is 6.06. The van der Waals surface area contributed by atoms with Crippen molar-refractivity contribution in [2.45, 2.75) is 25.8 Å². The number of halogens is 1. The zero-order valence-electron chi connectivity index (χ0n) is 8.51. The monoisotopic (exact) mass is 208 g/mol. The van der Waals surface area contributed by atoms with Gasteiger partial charge in [-0.1, -0.05) is 0 Å². The number of Topliss-reactive ketones (excluding diaryl/α,β-unsaturated/α-hetero) is 1. The third-order valence-electron chi connectivity index (χ3n) is 2.97. The normalized spacial score (nSPS) is 20.2. The van der Waals surface area contributed by atoms with Gasteiger partial charge in [-0.3, -0.25) is 4.79 Å². The number of fused-ring (bicyclic) bond motifs is 1. The summed E-state index contributed by atoms with van der Waals surface area (Å²) in [6.07, 6.45) is 1.19. The largest absolute Gasteiger partial charge is 0.398 e. The Hall–Kier alpha value is -1.42. The van der Waals surface area contributed by atoms with Crippen LogP contribution in [-0.4, -0.2) is 11.8 Å². The Morgan fingerprint density at radius 1 is 1.53 bits per heavy atom. The van der Waals surface area contributed by atoms with Crippen molar-refractivity contribution in [2.24, 2.45) is 5.73 Å². The van der Waals surface area contributed by atoms with Crippen molar-refractivity contribution in [1.29, 1.82) is 0 Å². The maximum absolute atomic E-state index is 13.4. The fourth-order valence-corrected chi connectivity index (χ4v) is 2.04. The minimum Gasteiger partial charge on any atom is -0.398 e. The minimum absolute atomic E-state index is 0.170. The summed E-state index contributed by atoms with van der Waals surface area (Å²) in [5.41, 5.74) is 13.2. The second-order valence-electron chi connectivity index (χ2n) is 3.94. The topological polar surface area (TPSA) is 69.1 Å². The molecule has 0 aliphatic heterocycles. The Morgan fingerprint density at radius 3 is 2.87 bits per heavy atom. The molecule has 2 rings (SSSR count). The van der Waals surface area contributed by atoms with Crippen LogP contribution in [0.15, 0.2) is 6.07 Å². The number of hydrogen-bond acceptors (Lipinski definition) is 3. The van der Waals surface area contributed by atoms with Crippen LogP contribution in [0.1, 0.15) is 27.9 Å². The molecule has 3 nitrogen and oxygen atoms in total. The third kappa shape index (κ3) is 1.41. The average molecular weight is 208 g/mol. The summed E-state index contributed by atoms with van der Waals surface area (Å²) in [4.78, 5) is 11.8. The van der Waals surface area contributed by atoms with Crippen molar-refractivity contribution in [1.82, 2.24) is 0 Å². The van der Waals surface area contributed by atoms with E-state index < -0.39 is 6.04 Å². The highest BCUT2D eigenvalue weighted by Crippen LogP contribution is 2.30. The van der Waals surface area contributed by atoms with E-state index in [1.165, 1.54) is 6.07 Å². The van der Waals surface area contributed by atoms with Crippen molar-refractivity contribution < 1.29 is 9.18 Å². The van der Waals surface area contributed by atoms with E-state index >= 15 is 0 Å². The van der Waals surface area contributed by atoms with Gasteiger partial charge >= 0.3 is 0 Å². The number of nitrogens with two attached hydrogens (primary N) is 2. The third-order valence-corrected chi connectivity index (χ3v) is 2.97. The molecule has 80 valence electrons. The molecule has 1 atom stereocenters. The molecular formula is C11H13FN2O. The molecule has 1 aliphatic rings. The Morgan fingerprint density at radius 2 is 2.20 bits per heavy atom. The molecule has 0 aromatic heterocycles. The molecule has 0 bridgehead atoms. The lowest BCUT2D eigenvalue weighted by Crippen LogP contribution is -2.36. The maximum Gasteiger partial charge on any atom is 0.181 e. The van der Waals surface area contributed by atoms with Crippen molar-refractivity contribution >= 4 is 11.5 Å². The molecule has 0 fully saturated rings. The van der Waals surface area contributed by atoms with Crippen molar-refractivity contribution in [3.05, 3.63) is 28.6 Å². The molecule has 15 heavy (non-hydrogen) atoms. The number of ketones is 1. The van der Waals surface area contributed by atoms with Gasteiger partial charge in [0.1, 0.15) is 5.82 Å². The van der Waals surface area contributed by atoms with Gasteiger partial charge in [0.05, 0.1) is 6.04 Å². The first-order chi connectivity index (χ1) is 7.02. The van der Waals surface area contributed by atoms with Gasteiger partial charge < -0.3 is 11.5 Å². The first-order valence-corrected chi connectivity index (χ1v) is 4.89. The minimum atomic E-state index is -0.496. The van der Waals surface area contributed by atoms with Crippen molar-refractivity contribution in [3.8, 4) is 0 Å². The Kier molecular flexibility index (Phi) is 2.23. The highest BCUT2D eigenvalue weighted by atomic mass is 19.1. The maximum atomic E-state index is 13.4. The van der Waals surface area contributed by atoms with E-state index in [-0.39, 0.29) is 17.3 Å². The summed E-state index contributed by atoms with van der Waals surface area (Å²) >= 11 is 0. The first kappa shape index (κ1) is 10.1. The highest BCUT2D eigenvalue weighted by Gasteiger charge is 2.28. The van der Waals surface area contributed by atoms with Crippen molar-refractivity contribution in [3.63, 3.8) is 0 Å². The number of carbonyl (C=O) groups excluding carboxylic acids is 1. The van der Waals surface area contributed by atoms with Gasteiger partial charge in [0, 0.05) is 11.3 Å². The second-order valence-corrected chi connectivity index (χ2v) is 3.94. The van der Waals surface area contributed by atoms with Gasteiger partial charge in [-0.2, -0.15) is 0 Å². The van der Waals surface area contributed by atoms with Crippen LogP contribution < -0.4 is 11.5 Å². The number of carbonyl (C=O) groups is 1. The molecule has 1 unspecified atom stereocenters. The van der Waals surface area contributed by atoms with Crippen LogP contribution >= 0.6 is 0 Å². The summed E-state index contributed by atoms with van der Waals surface area (Å²) < 4.78 is 13.4. The second kappa shape index (κ2) is 3.31. The molecular weight excluding hydrogens is 195 g/mol. The van der Waals surface area contributed by atoms with Crippen LogP contribution in [-0.2, 0) is 6.42 Å². The van der Waals surface area contributed by atoms with Gasteiger partial charge in [0.25, 0.3) is 0 Å². The lowest BCUT2D eigenvalue weighted by Gasteiger charge is -2.23. The molecule has 1 aromatic rings. The SMILES string of the molecule is Cc1c(F)cc(N)c2c1CCC(N)C2=O. The standard InChI is InChI=1S/C11H13FN2O/c1-5-6-2-3-8(13)11(15)10(6)9(14)4-7(5)12/h4,8H,2-3,13-14H2,1H3. The predicted octanol–water partition coefficient (Wildman–Crippen LogP) is 1.17. The molecule has 0 spiro atoms. The molecule has 1 aromatic carbocycles. The predicted molar refractivity (Wildman–Crippen MR) is 56.2 cm³/mol. The Balaban J connectivity index is 2.69. The van der Waals surface area contributed by atoms with E-state index in [1.54, 1.807) is 6.92 Å². The van der Waals surface area contributed by atoms with E-state index in [9.17, 15) is 9.18 Å². The fraction of sp³-hybridized carbons (Fsp3) is 0.364. The van der Waals surface area contributed by atoms with E-state index in [2.05, 4.69) is 0 Å². The quantitative estimate of drug-likeness (QED) is 0.629. The lowest BCUT2D eigenvalue weighted by atomic mass is 9.84. The van der Waals surface area contributed by atoms with E-state index in [0.717, 1.165) is 5.56 Å². The van der Waals surface area contributed by atoms with E-state index in [1.807, 2.05) is 0 Å². The van der Waals surface area contributed by atoms with Crippen molar-refractivity contribution in [2.75, 3.05) is 5.73 Å². The van der Waals surface area contributed by atoms with Crippen LogP contribution in [0.25, 0.3) is 0 Å². The summed E-state index contributed by atoms with van der Waals surface area (Å²) in [7, 11) is 0. The number of nitrogen functional groups attached to an aromatic ring is 1. The summed E-state index contributed by atoms with van der Waals surface area (Å²) in [5, 5.41) is 0. The molecule has 0 amide bonds. The smallest absolute Gasteiger partial charge is 0.181 e. The lowest BCUT2D eigenvalue weighted by molar-refractivity contribution is 0.0949. The molecule has 0 saturated carbocycles. The molecule has 0 saturated heterocycles. The van der Waals surface area contributed by atoms with Gasteiger partial charge in [-0.05, 0) is 37.0 Å². The molecule has 0 heterocycles. The van der Waals surface area contributed by atoms with Crippen LogP contribution in [0, 0.1) is 12.7 Å². The molecule has 4 N–H and O–H groups in total. The Labute approximate surface area is 87.3 Å². The number of rotatable bonds is 0. The summed E-state index contributed by atoms with van der Waals surface area (Å²) in [5.74, 6) is -0.522. The van der Waals surface area contributed by atoms with E-state index in [0.29, 0.717) is 24.0 Å². The number of benzene rings is 1. The van der Waals surface area contributed by atoms with Gasteiger partial charge in [-0.15, -0.1) is 0 Å². The van der Waals surface area contributed by atoms with Crippen LogP contribution in [0.2, 0.25) is 0 Å². The molecule has 4 heteroatoms. The van der Waals surface area contributed by atoms with Crippen LogP contribution in [0.4, 0.5) is 10.1 Å². The number of hydrogen-bond donors (Lipinski definition) is 2. The molecule has 1 aliphatic carbocycles. The fourth-order valence-electron chi connectivity index (χ4n) is 2.04. The van der Waals surface area contributed by atoms with E-state index in [4.69, 9.17) is 11.5 Å². The summed E-state index contributed by atoms with van der Waals surface area (Å²) in [6.45, 7) is 1.66. The first-order valence-electron chi connectivity index (χ1n) is 4.89. The molecule has 0 radical (unpaired) electrons.